The van der Waals surface area contributed by atoms with E-state index in [0.717, 1.165) is 11.3 Å². The van der Waals surface area contributed by atoms with Crippen LogP contribution in [-0.4, -0.2) is 41.5 Å². The van der Waals surface area contributed by atoms with Crippen molar-refractivity contribution < 1.29 is 19.0 Å². The van der Waals surface area contributed by atoms with Crippen LogP contribution in [0.25, 0.3) is 11.4 Å². The van der Waals surface area contributed by atoms with E-state index in [0.29, 0.717) is 46.7 Å². The molecule has 0 saturated carbocycles. The van der Waals surface area contributed by atoms with Crippen LogP contribution in [0.2, 0.25) is 0 Å². The first-order chi connectivity index (χ1) is 15.5. The van der Waals surface area contributed by atoms with Crippen LogP contribution in [-0.2, 0) is 4.79 Å². The number of ether oxygens (including phenoxy) is 3. The van der Waals surface area contributed by atoms with Gasteiger partial charge in [0.25, 0.3) is 0 Å². The summed E-state index contributed by atoms with van der Waals surface area (Å²) in [5.41, 5.74) is 8.25. The summed E-state index contributed by atoms with van der Waals surface area (Å²) in [6, 6.07) is 12.3. The predicted octanol–water partition coefficient (Wildman–Crippen LogP) is 3.14. The van der Waals surface area contributed by atoms with Gasteiger partial charge in [0, 0.05) is 16.8 Å². The SMILES string of the molecule is CCOc1ccc(-c2nc3n(n2)C(c2cc(OC)ccc2OC)C(C(N)=O)=C(C)N3)cc1. The summed E-state index contributed by atoms with van der Waals surface area (Å²) in [4.78, 5) is 17.1. The highest BCUT2D eigenvalue weighted by Gasteiger charge is 2.35. The minimum Gasteiger partial charge on any atom is -0.497 e. The second-order valence-electron chi connectivity index (χ2n) is 7.20. The van der Waals surface area contributed by atoms with Gasteiger partial charge in [-0.25, -0.2) is 4.68 Å². The number of carbonyl (C=O) groups excluding carboxylic acids is 1. The average Bonchev–Trinajstić information content (AvgIpc) is 3.21. The van der Waals surface area contributed by atoms with E-state index >= 15 is 0 Å². The molecule has 0 bridgehead atoms. The number of fused-ring (bicyclic) bond motifs is 1. The molecular weight excluding hydrogens is 410 g/mol. The number of methoxy groups -OCH3 is 2. The van der Waals surface area contributed by atoms with Gasteiger partial charge in [-0.15, -0.1) is 5.10 Å². The molecular formula is C23H25N5O4. The van der Waals surface area contributed by atoms with Crippen LogP contribution in [0.1, 0.15) is 25.5 Å². The maximum atomic E-state index is 12.5. The molecule has 2 aromatic carbocycles. The lowest BCUT2D eigenvalue weighted by molar-refractivity contribution is -0.115. The maximum Gasteiger partial charge on any atom is 0.248 e. The summed E-state index contributed by atoms with van der Waals surface area (Å²) in [7, 11) is 3.15. The number of aromatic nitrogens is 3. The minimum atomic E-state index is -0.641. The lowest BCUT2D eigenvalue weighted by Crippen LogP contribution is -2.32. The van der Waals surface area contributed by atoms with Gasteiger partial charge in [-0.2, -0.15) is 4.98 Å². The molecule has 3 aromatic rings. The lowest BCUT2D eigenvalue weighted by atomic mass is 9.94. The number of hydrogen-bond acceptors (Lipinski definition) is 7. The number of rotatable bonds is 7. The second-order valence-corrected chi connectivity index (χ2v) is 7.20. The Labute approximate surface area is 185 Å². The smallest absolute Gasteiger partial charge is 0.248 e. The van der Waals surface area contributed by atoms with Crippen molar-refractivity contribution in [2.45, 2.75) is 19.9 Å². The summed E-state index contributed by atoms with van der Waals surface area (Å²) in [5.74, 6) is 2.40. The van der Waals surface area contributed by atoms with E-state index in [1.807, 2.05) is 37.3 Å². The molecule has 0 aliphatic carbocycles. The number of primary amides is 1. The molecule has 0 spiro atoms. The third kappa shape index (κ3) is 3.73. The van der Waals surface area contributed by atoms with Crippen LogP contribution < -0.4 is 25.3 Å². The highest BCUT2D eigenvalue weighted by molar-refractivity contribution is 5.95. The van der Waals surface area contributed by atoms with Gasteiger partial charge in [0.15, 0.2) is 5.82 Å². The molecule has 3 N–H and O–H groups in total. The number of hydrogen-bond donors (Lipinski definition) is 2. The second kappa shape index (κ2) is 8.62. The van der Waals surface area contributed by atoms with E-state index in [1.165, 1.54) is 0 Å². The van der Waals surface area contributed by atoms with Crippen LogP contribution in [0.5, 0.6) is 17.2 Å². The molecule has 0 radical (unpaired) electrons. The van der Waals surface area contributed by atoms with Gasteiger partial charge < -0.3 is 25.3 Å². The average molecular weight is 435 g/mol. The summed E-state index contributed by atoms with van der Waals surface area (Å²) >= 11 is 0. The quantitative estimate of drug-likeness (QED) is 0.586. The van der Waals surface area contributed by atoms with E-state index in [4.69, 9.17) is 25.0 Å². The normalized spacial score (nSPS) is 15.1. The monoisotopic (exact) mass is 435 g/mol. The van der Waals surface area contributed by atoms with Crippen molar-refractivity contribution in [2.75, 3.05) is 26.1 Å². The van der Waals surface area contributed by atoms with E-state index in [2.05, 4.69) is 10.3 Å². The minimum absolute atomic E-state index is 0.368. The van der Waals surface area contributed by atoms with Crippen LogP contribution in [0.15, 0.2) is 53.7 Å². The first-order valence-electron chi connectivity index (χ1n) is 10.2. The Morgan fingerprint density at radius 2 is 1.84 bits per heavy atom. The van der Waals surface area contributed by atoms with Crippen LogP contribution in [0, 0.1) is 0 Å². The summed E-state index contributed by atoms with van der Waals surface area (Å²) < 4.78 is 18.1. The Kier molecular flexibility index (Phi) is 5.72. The zero-order valence-electron chi connectivity index (χ0n) is 18.4. The fourth-order valence-corrected chi connectivity index (χ4v) is 3.80. The standard InChI is InChI=1S/C23H25N5O4/c1-5-32-15-8-6-14(7-9-15)22-26-23-25-13(2)19(21(24)29)20(28(23)27-22)17-12-16(30-3)10-11-18(17)31-4/h6-12,20H,5H2,1-4H3,(H2,24,29)(H,25,26,27). The number of carbonyl (C=O) groups is 1. The highest BCUT2D eigenvalue weighted by atomic mass is 16.5. The van der Waals surface area contributed by atoms with E-state index in [9.17, 15) is 4.79 Å². The molecule has 1 aromatic heterocycles. The van der Waals surface area contributed by atoms with Crippen molar-refractivity contribution in [3.8, 4) is 28.6 Å². The van der Waals surface area contributed by atoms with Crippen LogP contribution >= 0.6 is 0 Å². The van der Waals surface area contributed by atoms with Crippen LogP contribution in [0.3, 0.4) is 0 Å². The Balaban J connectivity index is 1.86. The Morgan fingerprint density at radius 3 is 2.47 bits per heavy atom. The molecule has 1 atom stereocenters. The molecule has 2 heterocycles. The van der Waals surface area contributed by atoms with E-state index in [-0.39, 0.29) is 0 Å². The number of nitrogens with one attached hydrogen (secondary N) is 1. The van der Waals surface area contributed by atoms with Gasteiger partial charge in [-0.1, -0.05) is 0 Å². The molecule has 1 aliphatic heterocycles. The molecule has 9 nitrogen and oxygen atoms in total. The van der Waals surface area contributed by atoms with E-state index in [1.54, 1.807) is 38.0 Å². The summed E-state index contributed by atoms with van der Waals surface area (Å²) in [5, 5.41) is 7.87. The number of allylic oxidation sites excluding steroid dienone is 1. The van der Waals surface area contributed by atoms with E-state index < -0.39 is 11.9 Å². The van der Waals surface area contributed by atoms with Gasteiger partial charge in [-0.05, 0) is 56.3 Å². The van der Waals surface area contributed by atoms with Crippen molar-refractivity contribution >= 4 is 11.9 Å². The fraction of sp³-hybridized carbons (Fsp3) is 0.261. The number of benzene rings is 2. The largest absolute Gasteiger partial charge is 0.497 e. The van der Waals surface area contributed by atoms with Crippen molar-refractivity contribution in [3.05, 3.63) is 59.3 Å². The molecule has 9 heteroatoms. The zero-order chi connectivity index (χ0) is 22.8. The highest BCUT2D eigenvalue weighted by Crippen LogP contribution is 2.41. The van der Waals surface area contributed by atoms with Gasteiger partial charge in [0.2, 0.25) is 11.9 Å². The zero-order valence-corrected chi connectivity index (χ0v) is 18.4. The van der Waals surface area contributed by atoms with Crippen molar-refractivity contribution in [3.63, 3.8) is 0 Å². The lowest BCUT2D eigenvalue weighted by Gasteiger charge is -2.28. The Hall–Kier alpha value is -4.01. The topological polar surface area (TPSA) is 114 Å². The summed E-state index contributed by atoms with van der Waals surface area (Å²) in [6.07, 6.45) is 0. The Morgan fingerprint density at radius 1 is 1.12 bits per heavy atom. The van der Waals surface area contributed by atoms with Gasteiger partial charge >= 0.3 is 0 Å². The predicted molar refractivity (Wildman–Crippen MR) is 120 cm³/mol. The van der Waals surface area contributed by atoms with Gasteiger partial charge in [0.05, 0.1) is 26.4 Å². The molecule has 0 fully saturated rings. The number of nitrogens with two attached hydrogens (primary N) is 1. The summed E-state index contributed by atoms with van der Waals surface area (Å²) in [6.45, 7) is 4.31. The first kappa shape index (κ1) is 21.2. The maximum absolute atomic E-state index is 12.5. The number of anilines is 1. The number of nitrogens with zero attached hydrogens (tertiary/aromatic N) is 3. The molecule has 1 aliphatic rings. The molecule has 32 heavy (non-hydrogen) atoms. The first-order valence-corrected chi connectivity index (χ1v) is 10.2. The third-order valence-corrected chi connectivity index (χ3v) is 5.27. The fourth-order valence-electron chi connectivity index (χ4n) is 3.80. The van der Waals surface area contributed by atoms with Crippen molar-refractivity contribution in [1.29, 1.82) is 0 Å². The van der Waals surface area contributed by atoms with Gasteiger partial charge in [0.1, 0.15) is 23.3 Å². The molecule has 1 unspecified atom stereocenters. The van der Waals surface area contributed by atoms with Gasteiger partial charge in [-0.3, -0.25) is 4.79 Å². The van der Waals surface area contributed by atoms with Crippen molar-refractivity contribution in [2.24, 2.45) is 5.73 Å². The molecule has 4 rings (SSSR count). The van der Waals surface area contributed by atoms with Crippen molar-refractivity contribution in [1.82, 2.24) is 14.8 Å². The number of amides is 1. The van der Waals surface area contributed by atoms with Crippen LogP contribution in [0.4, 0.5) is 5.95 Å². The third-order valence-electron chi connectivity index (χ3n) is 5.27. The Bertz CT molecular complexity index is 1180. The molecule has 166 valence electrons. The molecule has 0 saturated heterocycles. The molecule has 1 amide bonds.